The number of carboxylic acids is 1. The van der Waals surface area contributed by atoms with Crippen LogP contribution in [0.5, 0.6) is 0 Å². The van der Waals surface area contributed by atoms with E-state index in [1.54, 1.807) is 6.20 Å². The van der Waals surface area contributed by atoms with E-state index in [0.29, 0.717) is 19.0 Å². The van der Waals surface area contributed by atoms with Crippen LogP contribution in [-0.2, 0) is 9.59 Å². The van der Waals surface area contributed by atoms with Gasteiger partial charge in [-0.25, -0.2) is 0 Å². The molecule has 1 heterocycles. The second-order valence-electron chi connectivity index (χ2n) is 5.70. The molecule has 1 saturated heterocycles. The molecule has 122 valence electrons. The molecule has 22 heavy (non-hydrogen) atoms. The van der Waals surface area contributed by atoms with Crippen molar-refractivity contribution in [2.45, 2.75) is 57.9 Å². The van der Waals surface area contributed by atoms with Crippen molar-refractivity contribution >= 4 is 11.9 Å². The molecule has 2 N–H and O–H groups in total. The van der Waals surface area contributed by atoms with E-state index >= 15 is 0 Å². The molecule has 1 rings (SSSR count). The molecule has 0 saturated carbocycles. The molecule has 1 unspecified atom stereocenters. The summed E-state index contributed by atoms with van der Waals surface area (Å²) in [5.74, 6) is -1.15. The molecule has 1 fully saturated rings. The van der Waals surface area contributed by atoms with Crippen molar-refractivity contribution in [1.82, 2.24) is 10.2 Å². The summed E-state index contributed by atoms with van der Waals surface area (Å²) in [6, 6.07) is 2.33. The number of hydrogen-bond donors (Lipinski definition) is 2. The summed E-state index contributed by atoms with van der Waals surface area (Å²) in [6.45, 7) is 3.45. The number of carboxylic acid groups (broad SMARTS) is 1. The average Bonchev–Trinajstić information content (AvgIpc) is 2.49. The summed E-state index contributed by atoms with van der Waals surface area (Å²) in [5, 5.41) is 20.4. The molecule has 1 aliphatic rings. The van der Waals surface area contributed by atoms with Crippen LogP contribution < -0.4 is 5.32 Å². The highest BCUT2D eigenvalue weighted by Crippen LogP contribution is 2.17. The Morgan fingerprint density at radius 2 is 2.14 bits per heavy atom. The Morgan fingerprint density at radius 3 is 2.77 bits per heavy atom. The van der Waals surface area contributed by atoms with E-state index in [0.717, 1.165) is 32.2 Å². The molecule has 0 aliphatic carbocycles. The Kier molecular flexibility index (Phi) is 8.05. The maximum atomic E-state index is 12.0. The number of likely N-dealkylation sites (tertiary alicyclic amines) is 1. The smallest absolute Gasteiger partial charge is 0.303 e. The summed E-state index contributed by atoms with van der Waals surface area (Å²) in [5.41, 5.74) is 0.138. The first kappa shape index (κ1) is 18.0. The lowest BCUT2D eigenvalue weighted by atomic mass is 10.0. The number of unbranched alkanes of at least 4 members (excludes halogenated alkanes) is 2. The van der Waals surface area contributed by atoms with E-state index in [9.17, 15) is 9.59 Å². The minimum atomic E-state index is -0.797. The highest BCUT2D eigenvalue weighted by molar-refractivity contribution is 5.97. The first-order chi connectivity index (χ1) is 10.5. The summed E-state index contributed by atoms with van der Waals surface area (Å²) in [6.07, 6.45) is 7.27. The van der Waals surface area contributed by atoms with Gasteiger partial charge in [0.1, 0.15) is 11.6 Å². The number of carbonyl (C=O) groups excluding carboxylic acids is 1. The van der Waals surface area contributed by atoms with Crippen molar-refractivity contribution < 1.29 is 14.7 Å². The molecule has 1 atom stereocenters. The van der Waals surface area contributed by atoms with Crippen LogP contribution in [0.3, 0.4) is 0 Å². The first-order valence-electron chi connectivity index (χ1n) is 7.92. The van der Waals surface area contributed by atoms with Crippen LogP contribution in [0.15, 0.2) is 11.8 Å². The van der Waals surface area contributed by atoms with Crippen molar-refractivity contribution in [3.63, 3.8) is 0 Å². The van der Waals surface area contributed by atoms with E-state index in [4.69, 9.17) is 10.4 Å². The zero-order valence-electron chi connectivity index (χ0n) is 13.2. The third-order valence-electron chi connectivity index (χ3n) is 3.87. The molecule has 0 aromatic heterocycles. The van der Waals surface area contributed by atoms with Crippen molar-refractivity contribution in [2.75, 3.05) is 13.1 Å². The Hall–Kier alpha value is -2.03. The standard InChI is InChI=1S/C16H25N3O3/c1-13-7-4-6-10-19(13)12-14(11-17)16(22)18-9-5-2-3-8-15(20)21/h12-13H,2-10H2,1H3,(H,18,22)(H,20,21)/b14-12-. The van der Waals surface area contributed by atoms with Gasteiger partial charge in [0, 0.05) is 31.8 Å². The maximum absolute atomic E-state index is 12.0. The molecular weight excluding hydrogens is 282 g/mol. The maximum Gasteiger partial charge on any atom is 0.303 e. The Bertz CT molecular complexity index is 454. The van der Waals surface area contributed by atoms with Gasteiger partial charge in [-0.3, -0.25) is 9.59 Å². The van der Waals surface area contributed by atoms with Crippen LogP contribution in [0.2, 0.25) is 0 Å². The Labute approximate surface area is 131 Å². The lowest BCUT2D eigenvalue weighted by Gasteiger charge is -2.32. The molecule has 0 spiro atoms. The van der Waals surface area contributed by atoms with E-state index < -0.39 is 5.97 Å². The van der Waals surface area contributed by atoms with Crippen LogP contribution >= 0.6 is 0 Å². The van der Waals surface area contributed by atoms with Crippen LogP contribution in [0.1, 0.15) is 51.9 Å². The number of nitriles is 1. The molecule has 6 heteroatoms. The number of amides is 1. The number of rotatable bonds is 8. The van der Waals surface area contributed by atoms with Gasteiger partial charge in [-0.15, -0.1) is 0 Å². The summed E-state index contributed by atoms with van der Waals surface area (Å²) < 4.78 is 0. The highest BCUT2D eigenvalue weighted by atomic mass is 16.4. The van der Waals surface area contributed by atoms with Gasteiger partial charge in [-0.05, 0) is 39.0 Å². The van der Waals surface area contributed by atoms with Crippen molar-refractivity contribution in [1.29, 1.82) is 5.26 Å². The number of aliphatic carboxylic acids is 1. The number of piperidine rings is 1. The van der Waals surface area contributed by atoms with Crippen LogP contribution in [0.4, 0.5) is 0 Å². The van der Waals surface area contributed by atoms with Crippen LogP contribution in [0, 0.1) is 11.3 Å². The summed E-state index contributed by atoms with van der Waals surface area (Å²) in [4.78, 5) is 24.4. The fourth-order valence-corrected chi connectivity index (χ4v) is 2.49. The van der Waals surface area contributed by atoms with Gasteiger partial charge >= 0.3 is 5.97 Å². The van der Waals surface area contributed by atoms with Gasteiger partial charge in [0.25, 0.3) is 5.91 Å². The molecule has 0 aromatic rings. The largest absolute Gasteiger partial charge is 0.481 e. The molecule has 1 aliphatic heterocycles. The summed E-state index contributed by atoms with van der Waals surface area (Å²) >= 11 is 0. The first-order valence-corrected chi connectivity index (χ1v) is 7.92. The van der Waals surface area contributed by atoms with E-state index in [1.165, 1.54) is 6.42 Å². The number of carbonyl (C=O) groups is 2. The van der Waals surface area contributed by atoms with Crippen LogP contribution in [0.25, 0.3) is 0 Å². The average molecular weight is 307 g/mol. The fourth-order valence-electron chi connectivity index (χ4n) is 2.49. The normalized spacial score (nSPS) is 18.6. The van der Waals surface area contributed by atoms with Gasteiger partial charge < -0.3 is 15.3 Å². The third kappa shape index (κ3) is 6.61. The van der Waals surface area contributed by atoms with Crippen LogP contribution in [-0.4, -0.2) is 41.0 Å². The monoisotopic (exact) mass is 307 g/mol. The predicted molar refractivity (Wildman–Crippen MR) is 82.8 cm³/mol. The molecule has 0 radical (unpaired) electrons. The SMILES string of the molecule is CC1CCCCN1/C=C(/C#N)C(=O)NCCCCCC(=O)O. The van der Waals surface area contributed by atoms with Gasteiger partial charge in [-0.1, -0.05) is 6.42 Å². The molecule has 0 bridgehead atoms. The van der Waals surface area contributed by atoms with Gasteiger partial charge in [0.05, 0.1) is 0 Å². The molecule has 1 amide bonds. The zero-order valence-corrected chi connectivity index (χ0v) is 13.2. The minimum absolute atomic E-state index is 0.138. The number of hydrogen-bond acceptors (Lipinski definition) is 4. The Morgan fingerprint density at radius 1 is 1.36 bits per heavy atom. The second kappa shape index (κ2) is 9.82. The number of nitrogens with zero attached hydrogens (tertiary/aromatic N) is 2. The highest BCUT2D eigenvalue weighted by Gasteiger charge is 2.18. The Balaban J connectivity index is 2.35. The van der Waals surface area contributed by atoms with E-state index in [2.05, 4.69) is 17.1 Å². The van der Waals surface area contributed by atoms with E-state index in [-0.39, 0.29) is 17.9 Å². The number of nitrogens with one attached hydrogen (secondary N) is 1. The van der Waals surface area contributed by atoms with Gasteiger partial charge in [-0.2, -0.15) is 5.26 Å². The minimum Gasteiger partial charge on any atom is -0.481 e. The van der Waals surface area contributed by atoms with E-state index in [1.807, 2.05) is 6.07 Å². The fraction of sp³-hybridized carbons (Fsp3) is 0.688. The molecular formula is C16H25N3O3. The lowest BCUT2D eigenvalue weighted by molar-refractivity contribution is -0.137. The molecule has 6 nitrogen and oxygen atoms in total. The van der Waals surface area contributed by atoms with Gasteiger partial charge in [0.2, 0.25) is 0 Å². The van der Waals surface area contributed by atoms with Crippen molar-refractivity contribution in [3.05, 3.63) is 11.8 Å². The summed E-state index contributed by atoms with van der Waals surface area (Å²) in [7, 11) is 0. The lowest BCUT2D eigenvalue weighted by Crippen LogP contribution is -2.35. The molecule has 0 aromatic carbocycles. The predicted octanol–water partition coefficient (Wildman–Crippen LogP) is 2.03. The zero-order chi connectivity index (χ0) is 16.4. The van der Waals surface area contributed by atoms with Crippen molar-refractivity contribution in [3.8, 4) is 6.07 Å². The third-order valence-corrected chi connectivity index (χ3v) is 3.87. The quantitative estimate of drug-likeness (QED) is 0.406. The second-order valence-corrected chi connectivity index (χ2v) is 5.70. The van der Waals surface area contributed by atoms with Crippen molar-refractivity contribution in [2.24, 2.45) is 0 Å². The van der Waals surface area contributed by atoms with Gasteiger partial charge in [0.15, 0.2) is 0 Å². The topological polar surface area (TPSA) is 93.4 Å².